The highest BCUT2D eigenvalue weighted by atomic mass is 79.9. The van der Waals surface area contributed by atoms with Gasteiger partial charge in [-0.05, 0) is 15.9 Å². The molecule has 0 amide bonds. The first-order chi connectivity index (χ1) is 8.02. The summed E-state index contributed by atoms with van der Waals surface area (Å²) in [5, 5.41) is 18.5. The van der Waals surface area contributed by atoms with Crippen molar-refractivity contribution in [1.29, 1.82) is 0 Å². The predicted molar refractivity (Wildman–Crippen MR) is 60.6 cm³/mol. The van der Waals surface area contributed by atoms with Gasteiger partial charge in [-0.2, -0.15) is 0 Å². The van der Waals surface area contributed by atoms with Crippen LogP contribution in [0.1, 0.15) is 12.6 Å². The highest BCUT2D eigenvalue weighted by molar-refractivity contribution is 9.10. The summed E-state index contributed by atoms with van der Waals surface area (Å²) in [7, 11) is 0. The van der Waals surface area contributed by atoms with Crippen LogP contribution in [0.2, 0.25) is 0 Å². The maximum absolute atomic E-state index is 11.5. The lowest BCUT2D eigenvalue weighted by Crippen LogP contribution is -2.32. The molecule has 2 rings (SSSR count). The molecule has 94 valence electrons. The number of aromatic nitrogens is 2. The van der Waals surface area contributed by atoms with Gasteiger partial charge in [-0.25, -0.2) is 4.79 Å². The van der Waals surface area contributed by atoms with E-state index in [-0.39, 0.29) is 17.5 Å². The Hall–Kier alpha value is -0.960. The van der Waals surface area contributed by atoms with E-state index in [9.17, 15) is 14.7 Å². The monoisotopic (exact) mass is 306 g/mol. The minimum absolute atomic E-state index is 0.184. The molecular weight excluding hydrogens is 296 g/mol. The molecule has 8 heteroatoms. The van der Waals surface area contributed by atoms with Crippen LogP contribution in [0, 0.1) is 0 Å². The van der Waals surface area contributed by atoms with Gasteiger partial charge in [0.1, 0.15) is 12.3 Å². The van der Waals surface area contributed by atoms with Gasteiger partial charge in [0, 0.05) is 12.6 Å². The van der Waals surface area contributed by atoms with Crippen LogP contribution in [0.4, 0.5) is 0 Å². The lowest BCUT2D eigenvalue weighted by molar-refractivity contribution is -0.0459. The van der Waals surface area contributed by atoms with E-state index in [1.807, 2.05) is 0 Å². The van der Waals surface area contributed by atoms with Crippen LogP contribution < -0.4 is 11.2 Å². The smallest absolute Gasteiger partial charge is 0.330 e. The van der Waals surface area contributed by atoms with Gasteiger partial charge in [0.15, 0.2) is 0 Å². The maximum atomic E-state index is 11.5. The van der Waals surface area contributed by atoms with E-state index in [4.69, 9.17) is 9.84 Å². The zero-order valence-electron chi connectivity index (χ0n) is 8.67. The zero-order valence-corrected chi connectivity index (χ0v) is 10.3. The van der Waals surface area contributed by atoms with Gasteiger partial charge < -0.3 is 14.9 Å². The SMILES string of the molecule is O=c1[nH]c(=O)n([C@H]2C[C@@H](O)[C@H](CO)O2)cc1Br. The Morgan fingerprint density at radius 2 is 2.29 bits per heavy atom. The fourth-order valence-corrected chi connectivity index (χ4v) is 2.04. The molecule has 0 aromatic carbocycles. The Bertz CT molecular complexity index is 525. The molecule has 0 unspecified atom stereocenters. The summed E-state index contributed by atoms with van der Waals surface area (Å²) >= 11 is 3.00. The molecule has 0 radical (unpaired) electrons. The van der Waals surface area contributed by atoms with Crippen molar-refractivity contribution >= 4 is 15.9 Å². The van der Waals surface area contributed by atoms with Crippen molar-refractivity contribution in [3.63, 3.8) is 0 Å². The first kappa shape index (κ1) is 12.5. The van der Waals surface area contributed by atoms with Crippen LogP contribution in [-0.4, -0.2) is 38.6 Å². The topological polar surface area (TPSA) is 105 Å². The molecular formula is C9H11BrN2O5. The van der Waals surface area contributed by atoms with Crippen LogP contribution in [0.5, 0.6) is 0 Å². The Morgan fingerprint density at radius 1 is 1.59 bits per heavy atom. The number of aliphatic hydroxyl groups is 2. The number of rotatable bonds is 2. The lowest BCUT2D eigenvalue weighted by atomic mass is 10.2. The number of H-pyrrole nitrogens is 1. The highest BCUT2D eigenvalue weighted by Gasteiger charge is 2.35. The van der Waals surface area contributed by atoms with E-state index >= 15 is 0 Å². The first-order valence-electron chi connectivity index (χ1n) is 4.98. The third-order valence-electron chi connectivity index (χ3n) is 2.62. The van der Waals surface area contributed by atoms with Gasteiger partial charge in [0.05, 0.1) is 17.2 Å². The van der Waals surface area contributed by atoms with Gasteiger partial charge in [-0.1, -0.05) is 0 Å². The quantitative estimate of drug-likeness (QED) is 0.646. The molecule has 1 aromatic rings. The van der Waals surface area contributed by atoms with Crippen LogP contribution in [0.3, 0.4) is 0 Å². The summed E-state index contributed by atoms with van der Waals surface area (Å²) in [6, 6.07) is 0. The number of ether oxygens (including phenoxy) is 1. The number of hydrogen-bond donors (Lipinski definition) is 3. The third-order valence-corrected chi connectivity index (χ3v) is 3.18. The molecule has 7 nitrogen and oxygen atoms in total. The van der Waals surface area contributed by atoms with Gasteiger partial charge in [0.25, 0.3) is 5.56 Å². The summed E-state index contributed by atoms with van der Waals surface area (Å²) in [6.45, 7) is -0.322. The van der Waals surface area contributed by atoms with Gasteiger partial charge in [-0.3, -0.25) is 14.3 Å². The Morgan fingerprint density at radius 3 is 2.88 bits per heavy atom. The van der Waals surface area contributed by atoms with Crippen molar-refractivity contribution in [1.82, 2.24) is 9.55 Å². The molecule has 1 aliphatic heterocycles. The van der Waals surface area contributed by atoms with E-state index in [0.29, 0.717) is 0 Å². The van der Waals surface area contributed by atoms with Crippen molar-refractivity contribution in [2.75, 3.05) is 6.61 Å². The zero-order chi connectivity index (χ0) is 12.6. The Kier molecular flexibility index (Phi) is 3.48. The summed E-state index contributed by atoms with van der Waals surface area (Å²) in [6.07, 6.45) is -0.745. The van der Waals surface area contributed by atoms with Crippen molar-refractivity contribution in [3.8, 4) is 0 Å². The number of halogens is 1. The molecule has 0 aliphatic carbocycles. The first-order valence-corrected chi connectivity index (χ1v) is 5.77. The average molecular weight is 307 g/mol. The highest BCUT2D eigenvalue weighted by Crippen LogP contribution is 2.27. The maximum Gasteiger partial charge on any atom is 0.330 e. The van der Waals surface area contributed by atoms with Crippen molar-refractivity contribution < 1.29 is 14.9 Å². The van der Waals surface area contributed by atoms with Gasteiger partial charge in [-0.15, -0.1) is 0 Å². The summed E-state index contributed by atoms with van der Waals surface area (Å²) in [5.41, 5.74) is -1.14. The summed E-state index contributed by atoms with van der Waals surface area (Å²) in [5.74, 6) is 0. The van der Waals surface area contributed by atoms with Gasteiger partial charge in [0.2, 0.25) is 0 Å². The predicted octanol–water partition coefficient (Wildman–Crippen LogP) is -1.06. The standard InChI is InChI=1S/C9H11BrN2O5/c10-4-2-12(9(16)11-8(4)15)7-1-5(14)6(3-13)17-7/h2,5-7,13-14H,1,3H2,(H,11,15,16)/t5-,6+,7-/m1/s1. The molecule has 1 fully saturated rings. The molecule has 0 saturated carbocycles. The second kappa shape index (κ2) is 4.73. The molecule has 1 saturated heterocycles. The minimum Gasteiger partial charge on any atom is -0.394 e. The van der Waals surface area contributed by atoms with E-state index in [2.05, 4.69) is 20.9 Å². The van der Waals surface area contributed by atoms with E-state index in [1.165, 1.54) is 10.8 Å². The molecule has 2 heterocycles. The van der Waals surface area contributed by atoms with Crippen LogP contribution in [0.25, 0.3) is 0 Å². The second-order valence-corrected chi connectivity index (χ2v) is 4.61. The lowest BCUT2D eigenvalue weighted by Gasteiger charge is -2.14. The van der Waals surface area contributed by atoms with Crippen LogP contribution in [0.15, 0.2) is 20.3 Å². The molecule has 3 atom stereocenters. The number of aliphatic hydroxyl groups excluding tert-OH is 2. The molecule has 1 aromatic heterocycles. The Balaban J connectivity index is 2.34. The van der Waals surface area contributed by atoms with Crippen LogP contribution in [-0.2, 0) is 4.74 Å². The number of nitrogens with zero attached hydrogens (tertiary/aromatic N) is 1. The summed E-state index contributed by atoms with van der Waals surface area (Å²) in [4.78, 5) is 24.8. The van der Waals surface area contributed by atoms with E-state index in [0.717, 1.165) is 0 Å². The van der Waals surface area contributed by atoms with Crippen molar-refractivity contribution in [3.05, 3.63) is 31.5 Å². The average Bonchev–Trinajstić information content (AvgIpc) is 2.65. The second-order valence-electron chi connectivity index (χ2n) is 3.76. The summed E-state index contributed by atoms with van der Waals surface area (Å²) < 4.78 is 6.67. The normalized spacial score (nSPS) is 28.5. The molecule has 0 spiro atoms. The number of aromatic amines is 1. The Labute approximate surface area is 104 Å². The molecule has 17 heavy (non-hydrogen) atoms. The largest absolute Gasteiger partial charge is 0.394 e. The van der Waals surface area contributed by atoms with E-state index in [1.54, 1.807) is 0 Å². The molecule has 1 aliphatic rings. The van der Waals surface area contributed by atoms with Gasteiger partial charge >= 0.3 is 5.69 Å². The fourth-order valence-electron chi connectivity index (χ4n) is 1.72. The van der Waals surface area contributed by atoms with E-state index < -0.39 is 29.7 Å². The van der Waals surface area contributed by atoms with Crippen molar-refractivity contribution in [2.45, 2.75) is 24.9 Å². The molecule has 0 bridgehead atoms. The number of nitrogens with one attached hydrogen (secondary N) is 1. The fraction of sp³-hybridized carbons (Fsp3) is 0.556. The molecule has 3 N–H and O–H groups in total. The number of hydrogen-bond acceptors (Lipinski definition) is 5. The third kappa shape index (κ3) is 2.34. The minimum atomic E-state index is -0.831. The van der Waals surface area contributed by atoms with Crippen LogP contribution >= 0.6 is 15.9 Å². The van der Waals surface area contributed by atoms with Crippen molar-refractivity contribution in [2.24, 2.45) is 0 Å².